The Morgan fingerprint density at radius 3 is 0.701 bits per heavy atom. The lowest BCUT2D eigenvalue weighted by Gasteiger charge is -2.22. The molecule has 0 amide bonds. The van der Waals surface area contributed by atoms with Crippen LogP contribution in [0.3, 0.4) is 0 Å². The topological polar surface area (TPSA) is 49.9 Å². The van der Waals surface area contributed by atoms with E-state index in [2.05, 4.69) is 63.0 Å². The molecule has 0 atom stereocenters. The van der Waals surface area contributed by atoms with Gasteiger partial charge in [0.15, 0.2) is 0 Å². The second-order valence-corrected chi connectivity index (χ2v) is 20.5. The number of ether oxygens (including phenoxy) is 1. The largest absolute Gasteiger partial charge is 0.390 e. The zero-order valence-corrected chi connectivity index (χ0v) is 47.6. The average Bonchev–Trinajstić information content (AvgIpc) is 3.32. The van der Waals surface area contributed by atoms with Crippen LogP contribution in [0.1, 0.15) is 338 Å². The van der Waals surface area contributed by atoms with Crippen LogP contribution in [0.5, 0.6) is 0 Å². The number of nitrogens with zero attached hydrogens (tertiary/aromatic N) is 2. The van der Waals surface area contributed by atoms with E-state index in [4.69, 9.17) is 0 Å². The maximum atomic E-state index is 11.2. The van der Waals surface area contributed by atoms with Gasteiger partial charge in [0.25, 0.3) is 0 Å². The first-order chi connectivity index (χ1) is 32.9. The van der Waals surface area contributed by atoms with Gasteiger partial charge in [0.1, 0.15) is 0 Å². The van der Waals surface area contributed by atoms with Gasteiger partial charge in [-0.2, -0.15) is 0 Å². The molecule has 402 valence electrons. The van der Waals surface area contributed by atoms with Crippen LogP contribution in [0.25, 0.3) is 0 Å². The zero-order chi connectivity index (χ0) is 49.8. The molecule has 0 aromatic heterocycles. The molecular weight excluding hydrogens is 821 g/mol. The van der Waals surface area contributed by atoms with Crippen molar-refractivity contribution in [2.75, 3.05) is 39.3 Å². The summed E-state index contributed by atoms with van der Waals surface area (Å²) in [5.41, 5.74) is 0. The van der Waals surface area contributed by atoms with Gasteiger partial charge in [-0.25, -0.2) is 4.79 Å². The van der Waals surface area contributed by atoms with Crippen LogP contribution in [-0.2, 0) is 14.3 Å². The lowest BCUT2D eigenvalue weighted by atomic mass is 10.1. The molecule has 0 heterocycles. The van der Waals surface area contributed by atoms with E-state index in [0.29, 0.717) is 6.42 Å². The Hall–Kier alpha value is -1.20. The number of esters is 2. The Morgan fingerprint density at radius 2 is 0.493 bits per heavy atom. The Kier molecular flexibility index (Phi) is 67.8. The molecule has 0 radical (unpaired) electrons. The van der Waals surface area contributed by atoms with Crippen molar-refractivity contribution in [2.24, 2.45) is 0 Å². The Balaban J connectivity index is -0.000000936. The van der Waals surface area contributed by atoms with E-state index in [0.717, 1.165) is 19.3 Å². The number of hydrogen-bond donors (Lipinski definition) is 0. The summed E-state index contributed by atoms with van der Waals surface area (Å²) >= 11 is 0. The second-order valence-electron chi connectivity index (χ2n) is 20.5. The SMILES string of the molecule is C/C=C/C(=O)OC(=O)CCCCCCCCC.CCCCCCCCN(CCCCCCCC)CCCCCCCC.CCCCCCCCN(CCCCCCCC)CCCCCCCC. The van der Waals surface area contributed by atoms with Gasteiger partial charge in [-0.3, -0.25) is 4.79 Å². The van der Waals surface area contributed by atoms with Crippen LogP contribution >= 0.6 is 0 Å². The van der Waals surface area contributed by atoms with Crippen molar-refractivity contribution in [1.29, 1.82) is 0 Å². The number of allylic oxidation sites excluding steroid dienone is 1. The molecule has 5 heteroatoms. The van der Waals surface area contributed by atoms with Crippen molar-refractivity contribution in [3.8, 4) is 0 Å². The number of hydrogen-bond acceptors (Lipinski definition) is 5. The maximum Gasteiger partial charge on any atom is 0.338 e. The smallest absolute Gasteiger partial charge is 0.338 e. The average molecular weight is 948 g/mol. The van der Waals surface area contributed by atoms with Gasteiger partial charge in [-0.05, 0) is 91.1 Å². The van der Waals surface area contributed by atoms with Gasteiger partial charge in [0, 0.05) is 12.5 Å². The molecule has 67 heavy (non-hydrogen) atoms. The summed E-state index contributed by atoms with van der Waals surface area (Å²) in [6.45, 7) is 25.9. The van der Waals surface area contributed by atoms with E-state index in [1.54, 1.807) is 13.0 Å². The first-order valence-corrected chi connectivity index (χ1v) is 30.7. The Bertz CT molecular complexity index is 813. The first kappa shape index (κ1) is 70.1. The van der Waals surface area contributed by atoms with Crippen LogP contribution in [0, 0.1) is 0 Å². The molecular formula is C62H126N2O3. The predicted octanol–water partition coefficient (Wildman–Crippen LogP) is 20.5. The highest BCUT2D eigenvalue weighted by Crippen LogP contribution is 2.14. The number of rotatable bonds is 51. The zero-order valence-electron chi connectivity index (χ0n) is 47.6. The molecule has 0 aliphatic heterocycles. The summed E-state index contributed by atoms with van der Waals surface area (Å²) in [5, 5.41) is 0. The van der Waals surface area contributed by atoms with Crippen LogP contribution < -0.4 is 0 Å². The minimum Gasteiger partial charge on any atom is -0.390 e. The summed E-state index contributed by atoms with van der Waals surface area (Å²) in [6, 6.07) is 0. The monoisotopic (exact) mass is 947 g/mol. The van der Waals surface area contributed by atoms with E-state index >= 15 is 0 Å². The van der Waals surface area contributed by atoms with Crippen molar-refractivity contribution in [3.63, 3.8) is 0 Å². The molecule has 0 N–H and O–H groups in total. The molecule has 5 nitrogen and oxygen atoms in total. The second kappa shape index (κ2) is 64.8. The Labute approximate surface area is 423 Å². The van der Waals surface area contributed by atoms with Crippen molar-refractivity contribution in [3.05, 3.63) is 12.2 Å². The van der Waals surface area contributed by atoms with Crippen LogP contribution in [0.2, 0.25) is 0 Å². The van der Waals surface area contributed by atoms with Crippen molar-refractivity contribution < 1.29 is 14.3 Å². The molecule has 0 aliphatic rings. The molecule has 0 spiro atoms. The van der Waals surface area contributed by atoms with Crippen molar-refractivity contribution in [2.45, 2.75) is 338 Å². The van der Waals surface area contributed by atoms with E-state index in [9.17, 15) is 9.59 Å². The Morgan fingerprint density at radius 1 is 0.299 bits per heavy atom. The molecule has 0 unspecified atom stereocenters. The van der Waals surface area contributed by atoms with E-state index in [1.807, 2.05) is 0 Å². The van der Waals surface area contributed by atoms with Crippen LogP contribution in [0.4, 0.5) is 0 Å². The van der Waals surface area contributed by atoms with E-state index in [-0.39, 0.29) is 0 Å². The van der Waals surface area contributed by atoms with Gasteiger partial charge < -0.3 is 14.5 Å². The molecule has 0 rings (SSSR count). The quantitative estimate of drug-likeness (QED) is 0.0263. The molecule has 0 aliphatic carbocycles. The first-order valence-electron chi connectivity index (χ1n) is 30.7. The highest BCUT2D eigenvalue weighted by Gasteiger charge is 2.08. The minimum atomic E-state index is -0.569. The third-order valence-electron chi connectivity index (χ3n) is 13.5. The fourth-order valence-electron chi connectivity index (χ4n) is 8.93. The van der Waals surface area contributed by atoms with E-state index in [1.165, 1.54) is 302 Å². The summed E-state index contributed by atoms with van der Waals surface area (Å²) in [5.74, 6) is -0.984. The molecule has 0 saturated carbocycles. The minimum absolute atomic E-state index is 0.344. The number of unbranched alkanes of at least 4 members (excludes halogenated alkanes) is 36. The van der Waals surface area contributed by atoms with Crippen LogP contribution in [-0.4, -0.2) is 61.0 Å². The normalized spacial score (nSPS) is 11.3. The lowest BCUT2D eigenvalue weighted by Crippen LogP contribution is -2.27. The molecule has 0 fully saturated rings. The third-order valence-corrected chi connectivity index (χ3v) is 13.5. The van der Waals surface area contributed by atoms with Gasteiger partial charge in [0.05, 0.1) is 0 Å². The molecule has 0 aromatic rings. The van der Waals surface area contributed by atoms with Gasteiger partial charge >= 0.3 is 11.9 Å². The van der Waals surface area contributed by atoms with E-state index < -0.39 is 11.9 Å². The van der Waals surface area contributed by atoms with Gasteiger partial charge in [-0.1, -0.05) is 286 Å². The highest BCUT2D eigenvalue weighted by atomic mass is 16.6. The fourth-order valence-corrected chi connectivity index (χ4v) is 8.93. The summed E-state index contributed by atoms with van der Waals surface area (Å²) < 4.78 is 4.57. The van der Waals surface area contributed by atoms with Gasteiger partial charge in [0.2, 0.25) is 0 Å². The van der Waals surface area contributed by atoms with Crippen molar-refractivity contribution >= 4 is 11.9 Å². The third kappa shape index (κ3) is 64.8. The number of carbonyl (C=O) groups excluding carboxylic acids is 2. The molecule has 0 saturated heterocycles. The fraction of sp³-hybridized carbons (Fsp3) is 0.935. The molecule has 0 bridgehead atoms. The standard InChI is InChI=1S/2C24H51N.C14H24O3/c2*1-4-7-10-13-16-19-22-25(23-20-17-14-11-8-5-2)24-21-18-15-12-9-6-3;1-3-5-6-7-8-9-10-12-14(16)17-13(15)11-4-2/h2*4-24H2,1-3H3;4,11H,3,5-10,12H2,1-2H3/b;;11-4+. The predicted molar refractivity (Wildman–Crippen MR) is 302 cm³/mol. The summed E-state index contributed by atoms with van der Waals surface area (Å²) in [6.07, 6.45) is 62.7. The molecule has 0 aromatic carbocycles. The maximum absolute atomic E-state index is 11.2. The highest BCUT2D eigenvalue weighted by molar-refractivity contribution is 5.91. The van der Waals surface area contributed by atoms with Crippen LogP contribution in [0.15, 0.2) is 12.2 Å². The van der Waals surface area contributed by atoms with Crippen molar-refractivity contribution in [1.82, 2.24) is 9.80 Å². The summed E-state index contributed by atoms with van der Waals surface area (Å²) in [4.78, 5) is 27.7. The summed E-state index contributed by atoms with van der Waals surface area (Å²) in [7, 11) is 0. The van der Waals surface area contributed by atoms with Gasteiger partial charge in [-0.15, -0.1) is 0 Å². The number of carbonyl (C=O) groups is 2. The lowest BCUT2D eigenvalue weighted by molar-refractivity contribution is -0.156.